The van der Waals surface area contributed by atoms with Gasteiger partial charge in [-0.3, -0.25) is 4.98 Å². The van der Waals surface area contributed by atoms with Crippen LogP contribution in [0.2, 0.25) is 0 Å². The molecule has 1 aliphatic rings. The van der Waals surface area contributed by atoms with Gasteiger partial charge in [0.2, 0.25) is 0 Å². The fraction of sp³-hybridized carbons (Fsp3) is 0.320. The Hall–Kier alpha value is -2.80. The third kappa shape index (κ3) is 4.01. The van der Waals surface area contributed by atoms with Crippen molar-refractivity contribution in [3.8, 4) is 11.1 Å². The van der Waals surface area contributed by atoms with E-state index in [1.807, 2.05) is 13.8 Å². The van der Waals surface area contributed by atoms with Crippen molar-refractivity contribution in [2.75, 3.05) is 0 Å². The molecule has 32 heavy (non-hydrogen) atoms. The van der Waals surface area contributed by atoms with Crippen LogP contribution in [0, 0.1) is 5.82 Å². The summed E-state index contributed by atoms with van der Waals surface area (Å²) in [6, 6.07) is 9.62. The minimum atomic E-state index is -4.61. The van der Waals surface area contributed by atoms with Crippen LogP contribution < -0.4 is 0 Å². The zero-order chi connectivity index (χ0) is 23.2. The number of benzene rings is 2. The molecule has 1 N–H and O–H groups in total. The summed E-state index contributed by atoms with van der Waals surface area (Å²) in [6.45, 7) is 3.66. The Morgan fingerprint density at radius 1 is 1.06 bits per heavy atom. The van der Waals surface area contributed by atoms with Gasteiger partial charge >= 0.3 is 6.18 Å². The molecule has 1 heterocycles. The normalized spacial score (nSPS) is 17.0. The van der Waals surface area contributed by atoms with Gasteiger partial charge in [0.15, 0.2) is 6.17 Å². The number of pyridine rings is 1. The maximum absolute atomic E-state index is 16.1. The Kier molecular flexibility index (Phi) is 5.79. The van der Waals surface area contributed by atoms with Crippen molar-refractivity contribution < 1.29 is 27.1 Å². The maximum atomic E-state index is 16.1. The highest BCUT2D eigenvalue weighted by Crippen LogP contribution is 2.47. The van der Waals surface area contributed by atoms with Crippen LogP contribution in [-0.2, 0) is 12.6 Å². The number of hydrogen-bond acceptors (Lipinski definition) is 2. The molecular weight excluding hydrogens is 425 g/mol. The summed E-state index contributed by atoms with van der Waals surface area (Å²) in [5, 5.41) is 10.6. The van der Waals surface area contributed by atoms with Crippen LogP contribution in [0.5, 0.6) is 0 Å². The molecule has 0 spiro atoms. The smallest absolute Gasteiger partial charge is 0.388 e. The summed E-state index contributed by atoms with van der Waals surface area (Å²) in [6.07, 6.45) is -6.49. The summed E-state index contributed by atoms with van der Waals surface area (Å²) < 4.78 is 69.5. The van der Waals surface area contributed by atoms with Gasteiger partial charge in [-0.25, -0.2) is 8.78 Å². The second kappa shape index (κ2) is 8.28. The average molecular weight is 447 g/mol. The molecule has 1 aliphatic carbocycles. The van der Waals surface area contributed by atoms with Gasteiger partial charge in [0, 0.05) is 16.8 Å². The van der Waals surface area contributed by atoms with Crippen LogP contribution in [-0.4, -0.2) is 10.1 Å². The predicted octanol–water partition coefficient (Wildman–Crippen LogP) is 7.07. The molecule has 0 aliphatic heterocycles. The second-order valence-corrected chi connectivity index (χ2v) is 8.35. The summed E-state index contributed by atoms with van der Waals surface area (Å²) >= 11 is 0. The molecule has 0 fully saturated rings. The first kappa shape index (κ1) is 22.4. The van der Waals surface area contributed by atoms with Crippen LogP contribution >= 0.6 is 0 Å². The number of halogens is 5. The molecule has 2 atom stereocenters. The number of aliphatic hydroxyl groups excluding tert-OH is 1. The van der Waals surface area contributed by atoms with Gasteiger partial charge in [0.1, 0.15) is 5.82 Å². The monoisotopic (exact) mass is 447 g/mol. The first-order valence-electron chi connectivity index (χ1n) is 10.4. The summed E-state index contributed by atoms with van der Waals surface area (Å²) in [4.78, 5) is 4.63. The van der Waals surface area contributed by atoms with E-state index in [-0.39, 0.29) is 17.0 Å². The predicted molar refractivity (Wildman–Crippen MR) is 111 cm³/mol. The SMILES string of the molecule is CC(C)c1nc2c(c(-c3ccc(F)cc3)c1C(F)c1cccc(C(F)(F)F)c1)C(O)CC2. The van der Waals surface area contributed by atoms with E-state index >= 15 is 4.39 Å². The van der Waals surface area contributed by atoms with Crippen molar-refractivity contribution in [3.63, 3.8) is 0 Å². The highest BCUT2D eigenvalue weighted by atomic mass is 19.4. The Morgan fingerprint density at radius 2 is 1.75 bits per heavy atom. The molecule has 0 radical (unpaired) electrons. The van der Waals surface area contributed by atoms with Crippen LogP contribution in [0.1, 0.15) is 72.1 Å². The molecule has 0 bridgehead atoms. The number of fused-ring (bicyclic) bond motifs is 1. The standard InChI is InChI=1S/C25H22F5NO/c1-13(2)24-22(23(27)15-4-3-5-16(12-15)25(28,29)30)20(14-6-8-17(26)9-7-14)21-18(31-24)10-11-19(21)32/h3-9,12-13,19,23,32H,10-11H2,1-2H3. The summed E-state index contributed by atoms with van der Waals surface area (Å²) in [7, 11) is 0. The number of aliphatic hydroxyl groups is 1. The third-order valence-electron chi connectivity index (χ3n) is 5.81. The minimum absolute atomic E-state index is 0.116. The number of rotatable bonds is 4. The lowest BCUT2D eigenvalue weighted by atomic mass is 9.85. The van der Waals surface area contributed by atoms with E-state index in [1.165, 1.54) is 36.4 Å². The summed E-state index contributed by atoms with van der Waals surface area (Å²) in [5.41, 5.74) is 1.41. The number of hydrogen-bond donors (Lipinski definition) is 1. The summed E-state index contributed by atoms with van der Waals surface area (Å²) in [5.74, 6) is -0.698. The van der Waals surface area contributed by atoms with Crippen LogP contribution in [0.25, 0.3) is 11.1 Å². The first-order valence-corrected chi connectivity index (χ1v) is 10.4. The molecule has 2 aromatic carbocycles. The van der Waals surface area contributed by atoms with Gasteiger partial charge in [0.05, 0.1) is 17.4 Å². The molecule has 0 amide bonds. The number of nitrogens with zero attached hydrogens (tertiary/aromatic N) is 1. The van der Waals surface area contributed by atoms with E-state index in [4.69, 9.17) is 0 Å². The van der Waals surface area contributed by atoms with Crippen molar-refractivity contribution in [1.29, 1.82) is 0 Å². The number of alkyl halides is 4. The Bertz CT molecular complexity index is 1140. The van der Waals surface area contributed by atoms with Crippen LogP contribution in [0.4, 0.5) is 22.0 Å². The van der Waals surface area contributed by atoms with Crippen LogP contribution in [0.3, 0.4) is 0 Å². The molecule has 168 valence electrons. The molecule has 0 saturated carbocycles. The average Bonchev–Trinajstić information content (AvgIpc) is 3.12. The van der Waals surface area contributed by atoms with E-state index in [1.54, 1.807) is 0 Å². The van der Waals surface area contributed by atoms with Gasteiger partial charge in [-0.2, -0.15) is 13.2 Å². The minimum Gasteiger partial charge on any atom is -0.388 e. The Labute approximate surface area is 182 Å². The zero-order valence-corrected chi connectivity index (χ0v) is 17.5. The fourth-order valence-electron chi connectivity index (χ4n) is 4.31. The fourth-order valence-corrected chi connectivity index (χ4v) is 4.31. The van der Waals surface area contributed by atoms with Gasteiger partial charge in [0.25, 0.3) is 0 Å². The molecule has 7 heteroatoms. The highest BCUT2D eigenvalue weighted by Gasteiger charge is 2.35. The highest BCUT2D eigenvalue weighted by molar-refractivity contribution is 5.75. The van der Waals surface area contributed by atoms with Crippen molar-refractivity contribution in [2.45, 2.75) is 51.1 Å². The topological polar surface area (TPSA) is 33.1 Å². The van der Waals surface area contributed by atoms with Gasteiger partial charge in [-0.15, -0.1) is 0 Å². The molecule has 2 nitrogen and oxygen atoms in total. The lowest BCUT2D eigenvalue weighted by Gasteiger charge is -2.24. The Balaban J connectivity index is 2.00. The van der Waals surface area contributed by atoms with E-state index in [0.717, 1.165) is 12.1 Å². The zero-order valence-electron chi connectivity index (χ0n) is 17.5. The van der Waals surface area contributed by atoms with E-state index in [9.17, 15) is 22.7 Å². The number of aromatic nitrogens is 1. The number of aryl methyl sites for hydroxylation is 1. The van der Waals surface area contributed by atoms with Crippen molar-refractivity contribution in [2.24, 2.45) is 0 Å². The van der Waals surface area contributed by atoms with Gasteiger partial charge in [-0.1, -0.05) is 38.1 Å². The van der Waals surface area contributed by atoms with Crippen molar-refractivity contribution in [1.82, 2.24) is 4.98 Å². The van der Waals surface area contributed by atoms with E-state index in [0.29, 0.717) is 40.9 Å². The molecule has 2 unspecified atom stereocenters. The third-order valence-corrected chi connectivity index (χ3v) is 5.81. The maximum Gasteiger partial charge on any atom is 0.416 e. The first-order chi connectivity index (χ1) is 15.1. The van der Waals surface area contributed by atoms with Crippen LogP contribution in [0.15, 0.2) is 48.5 Å². The lowest BCUT2D eigenvalue weighted by molar-refractivity contribution is -0.137. The largest absolute Gasteiger partial charge is 0.416 e. The molecule has 0 saturated heterocycles. The quantitative estimate of drug-likeness (QED) is 0.434. The van der Waals surface area contributed by atoms with E-state index < -0.39 is 29.8 Å². The Morgan fingerprint density at radius 3 is 2.38 bits per heavy atom. The van der Waals surface area contributed by atoms with Gasteiger partial charge < -0.3 is 5.11 Å². The van der Waals surface area contributed by atoms with Crippen molar-refractivity contribution >= 4 is 0 Å². The van der Waals surface area contributed by atoms with Gasteiger partial charge in [-0.05, 0) is 59.7 Å². The second-order valence-electron chi connectivity index (χ2n) is 8.35. The lowest BCUT2D eigenvalue weighted by Crippen LogP contribution is -2.12. The van der Waals surface area contributed by atoms with E-state index in [2.05, 4.69) is 4.98 Å². The molecule has 4 rings (SSSR count). The molecule has 1 aromatic heterocycles. The molecular formula is C25H22F5NO. The van der Waals surface area contributed by atoms with Crippen molar-refractivity contribution in [3.05, 3.63) is 88.0 Å². The molecule has 3 aromatic rings.